The van der Waals surface area contributed by atoms with Crippen LogP contribution >= 0.6 is 0 Å². The molecule has 1 aliphatic rings. The van der Waals surface area contributed by atoms with Gasteiger partial charge in [0, 0.05) is 5.56 Å². The van der Waals surface area contributed by atoms with Gasteiger partial charge in [-0.25, -0.2) is 14.4 Å². The van der Waals surface area contributed by atoms with E-state index in [1.165, 1.54) is 0 Å². The summed E-state index contributed by atoms with van der Waals surface area (Å²) in [6.07, 6.45) is -1.75. The number of benzene rings is 1. The van der Waals surface area contributed by atoms with Crippen molar-refractivity contribution in [3.05, 3.63) is 28.8 Å². The Hall–Kier alpha value is -3.10. The molecule has 1 heterocycles. The fourth-order valence-electron chi connectivity index (χ4n) is 2.12. The van der Waals surface area contributed by atoms with Crippen LogP contribution in [0.4, 0.5) is 0 Å². The van der Waals surface area contributed by atoms with Crippen molar-refractivity contribution in [2.75, 3.05) is 0 Å². The van der Waals surface area contributed by atoms with Gasteiger partial charge in [-0.2, -0.15) is 0 Å². The minimum Gasteiger partial charge on any atom is -0.481 e. The molecule has 0 aromatic heterocycles. The fraction of sp³-hybridized carbons (Fsp3) is 0.167. The van der Waals surface area contributed by atoms with Crippen LogP contribution < -0.4 is 4.74 Å². The number of fused-ring (bicyclic) bond motifs is 1. The Balaban J connectivity index is 2.67. The number of hydrogen-bond acceptors (Lipinski definition) is 5. The van der Waals surface area contributed by atoms with Gasteiger partial charge in [-0.05, 0) is 12.1 Å². The van der Waals surface area contributed by atoms with Crippen LogP contribution in [0.1, 0.15) is 32.2 Å². The van der Waals surface area contributed by atoms with E-state index < -0.39 is 47.0 Å². The molecular formula is C12H8O9. The highest BCUT2D eigenvalue weighted by Gasteiger charge is 2.45. The van der Waals surface area contributed by atoms with E-state index in [2.05, 4.69) is 0 Å². The minimum atomic E-state index is -1.75. The van der Waals surface area contributed by atoms with Crippen LogP contribution in [0.25, 0.3) is 0 Å². The first-order chi connectivity index (χ1) is 9.73. The third kappa shape index (κ3) is 2.24. The highest BCUT2D eigenvalue weighted by molar-refractivity contribution is 6.03. The van der Waals surface area contributed by atoms with Crippen molar-refractivity contribution in [3.8, 4) is 5.75 Å². The SMILES string of the molecule is O=C(O)c1cc2c(cc1C(=O)O)C(C(=O)O)C(C(=O)O)O2. The second kappa shape index (κ2) is 4.78. The predicted octanol–water partition coefficient (Wildman–Crippen LogP) is 0.0968. The first-order valence-electron chi connectivity index (χ1n) is 5.50. The number of aromatic carboxylic acids is 2. The smallest absolute Gasteiger partial charge is 0.346 e. The maximum atomic E-state index is 11.2. The van der Waals surface area contributed by atoms with Gasteiger partial charge in [0.1, 0.15) is 11.7 Å². The highest BCUT2D eigenvalue weighted by atomic mass is 16.5. The summed E-state index contributed by atoms with van der Waals surface area (Å²) in [5.74, 6) is -8.06. The van der Waals surface area contributed by atoms with Crippen LogP contribution in [0.3, 0.4) is 0 Å². The largest absolute Gasteiger partial charge is 0.481 e. The second-order valence-electron chi connectivity index (χ2n) is 4.24. The van der Waals surface area contributed by atoms with Gasteiger partial charge in [0.25, 0.3) is 0 Å². The summed E-state index contributed by atoms with van der Waals surface area (Å²) >= 11 is 0. The summed E-state index contributed by atoms with van der Waals surface area (Å²) in [5, 5.41) is 35.9. The monoisotopic (exact) mass is 296 g/mol. The Morgan fingerprint density at radius 2 is 1.38 bits per heavy atom. The van der Waals surface area contributed by atoms with E-state index in [1.54, 1.807) is 0 Å². The van der Waals surface area contributed by atoms with Crippen LogP contribution in [0.2, 0.25) is 0 Å². The Kier molecular flexibility index (Phi) is 3.26. The summed E-state index contributed by atoms with van der Waals surface area (Å²) in [6, 6.07) is 1.64. The molecule has 1 aromatic carbocycles. The van der Waals surface area contributed by atoms with E-state index in [0.29, 0.717) is 0 Å². The Labute approximate surface area is 116 Å². The van der Waals surface area contributed by atoms with Crippen molar-refractivity contribution < 1.29 is 44.3 Å². The molecule has 9 nitrogen and oxygen atoms in total. The van der Waals surface area contributed by atoms with Gasteiger partial charge in [0.15, 0.2) is 0 Å². The number of carboxylic acids is 4. The molecule has 0 radical (unpaired) electrons. The van der Waals surface area contributed by atoms with Crippen molar-refractivity contribution in [1.29, 1.82) is 0 Å². The van der Waals surface area contributed by atoms with Crippen LogP contribution in [0, 0.1) is 0 Å². The fourth-order valence-corrected chi connectivity index (χ4v) is 2.12. The zero-order chi connectivity index (χ0) is 15.9. The van der Waals surface area contributed by atoms with Gasteiger partial charge in [-0.1, -0.05) is 0 Å². The molecule has 0 fully saturated rings. The Morgan fingerprint density at radius 1 is 0.857 bits per heavy atom. The van der Waals surface area contributed by atoms with Gasteiger partial charge < -0.3 is 25.2 Å². The third-order valence-electron chi connectivity index (χ3n) is 3.01. The summed E-state index contributed by atoms with van der Waals surface area (Å²) in [5.41, 5.74) is -1.43. The molecule has 4 N–H and O–H groups in total. The van der Waals surface area contributed by atoms with Gasteiger partial charge >= 0.3 is 23.9 Å². The average Bonchev–Trinajstić information content (AvgIpc) is 2.75. The van der Waals surface area contributed by atoms with Crippen LogP contribution in [0.15, 0.2) is 12.1 Å². The molecule has 1 aromatic rings. The summed E-state index contributed by atoms with van der Waals surface area (Å²) < 4.78 is 4.93. The standard InChI is InChI=1S/C12H8O9/c13-9(14)3-1-5-6(2-4(3)10(15)16)21-8(12(19)20)7(5)11(17)18/h1-2,7-8H,(H,13,14)(H,15,16)(H,17,18)(H,19,20). The normalized spacial score (nSPS) is 19.4. The maximum absolute atomic E-state index is 11.2. The Morgan fingerprint density at radius 3 is 1.81 bits per heavy atom. The van der Waals surface area contributed by atoms with E-state index >= 15 is 0 Å². The molecular weight excluding hydrogens is 288 g/mol. The van der Waals surface area contributed by atoms with E-state index in [1.807, 2.05) is 0 Å². The lowest BCUT2D eigenvalue weighted by Gasteiger charge is -2.10. The molecule has 0 amide bonds. The Bertz CT molecular complexity index is 676. The number of rotatable bonds is 4. The molecule has 110 valence electrons. The van der Waals surface area contributed by atoms with E-state index in [4.69, 9.17) is 25.2 Å². The van der Waals surface area contributed by atoms with Crippen LogP contribution in [0.5, 0.6) is 5.75 Å². The van der Waals surface area contributed by atoms with Crippen molar-refractivity contribution >= 4 is 23.9 Å². The lowest BCUT2D eigenvalue weighted by Crippen LogP contribution is -2.33. The first-order valence-corrected chi connectivity index (χ1v) is 5.50. The quantitative estimate of drug-likeness (QED) is 0.604. The van der Waals surface area contributed by atoms with Crippen molar-refractivity contribution in [2.24, 2.45) is 0 Å². The summed E-state index contributed by atoms with van der Waals surface area (Å²) in [7, 11) is 0. The number of carboxylic acid groups (broad SMARTS) is 4. The molecule has 0 aliphatic carbocycles. The molecule has 0 saturated carbocycles. The van der Waals surface area contributed by atoms with E-state index in [9.17, 15) is 19.2 Å². The third-order valence-corrected chi connectivity index (χ3v) is 3.01. The lowest BCUT2D eigenvalue weighted by molar-refractivity contribution is -0.152. The number of ether oxygens (including phenoxy) is 1. The topological polar surface area (TPSA) is 158 Å². The average molecular weight is 296 g/mol. The first kappa shape index (κ1) is 14.3. The van der Waals surface area contributed by atoms with E-state index in [-0.39, 0.29) is 11.3 Å². The molecule has 1 aliphatic heterocycles. The zero-order valence-corrected chi connectivity index (χ0v) is 10.1. The van der Waals surface area contributed by atoms with E-state index in [0.717, 1.165) is 12.1 Å². The van der Waals surface area contributed by atoms with Gasteiger partial charge in [0.2, 0.25) is 6.10 Å². The van der Waals surface area contributed by atoms with Crippen molar-refractivity contribution in [3.63, 3.8) is 0 Å². The van der Waals surface area contributed by atoms with Crippen LogP contribution in [-0.2, 0) is 9.59 Å². The zero-order valence-electron chi connectivity index (χ0n) is 10.1. The number of carbonyl (C=O) groups is 4. The number of aliphatic carboxylic acids is 2. The molecule has 21 heavy (non-hydrogen) atoms. The molecule has 0 saturated heterocycles. The number of hydrogen-bond donors (Lipinski definition) is 4. The minimum absolute atomic E-state index is 0.183. The van der Waals surface area contributed by atoms with Crippen LogP contribution in [-0.4, -0.2) is 50.4 Å². The predicted molar refractivity (Wildman–Crippen MR) is 62.8 cm³/mol. The molecule has 2 atom stereocenters. The summed E-state index contributed by atoms with van der Waals surface area (Å²) in [4.78, 5) is 44.2. The lowest BCUT2D eigenvalue weighted by atomic mass is 9.92. The van der Waals surface area contributed by atoms with Gasteiger partial charge in [0.05, 0.1) is 11.1 Å². The summed E-state index contributed by atoms with van der Waals surface area (Å²) in [6.45, 7) is 0. The molecule has 9 heteroatoms. The molecule has 2 unspecified atom stereocenters. The highest BCUT2D eigenvalue weighted by Crippen LogP contribution is 2.40. The van der Waals surface area contributed by atoms with Crippen molar-refractivity contribution in [2.45, 2.75) is 12.0 Å². The van der Waals surface area contributed by atoms with Gasteiger partial charge in [-0.15, -0.1) is 0 Å². The molecule has 0 bridgehead atoms. The second-order valence-corrected chi connectivity index (χ2v) is 4.24. The van der Waals surface area contributed by atoms with Gasteiger partial charge in [-0.3, -0.25) is 4.79 Å². The molecule has 0 spiro atoms. The maximum Gasteiger partial charge on any atom is 0.346 e. The molecule has 2 rings (SSSR count). The van der Waals surface area contributed by atoms with Crippen molar-refractivity contribution in [1.82, 2.24) is 0 Å².